The van der Waals surface area contributed by atoms with E-state index in [4.69, 9.17) is 9.84 Å². The van der Waals surface area contributed by atoms with Crippen LogP contribution < -0.4 is 4.74 Å². The third kappa shape index (κ3) is 4.37. The lowest BCUT2D eigenvalue weighted by Crippen LogP contribution is -2.05. The standard InChI is InChI=1S/C12H13BrO5/c1-17-11(14)3-2-6-18-8-4-5-10(13)9(7-8)12(15)16/h4-5,7H,2-3,6H2,1H3,(H,15,16). The van der Waals surface area contributed by atoms with Crippen molar-refractivity contribution >= 4 is 27.9 Å². The van der Waals surface area contributed by atoms with Gasteiger partial charge in [-0.15, -0.1) is 0 Å². The van der Waals surface area contributed by atoms with Gasteiger partial charge in [0.15, 0.2) is 0 Å². The summed E-state index contributed by atoms with van der Waals surface area (Å²) in [6.45, 7) is 0.329. The van der Waals surface area contributed by atoms with Crippen molar-refractivity contribution in [1.82, 2.24) is 0 Å². The maximum absolute atomic E-state index is 10.9. The summed E-state index contributed by atoms with van der Waals surface area (Å²) in [5.41, 5.74) is 0.139. The number of carbonyl (C=O) groups is 2. The molecule has 0 amide bonds. The van der Waals surface area contributed by atoms with Crippen LogP contribution in [0.4, 0.5) is 0 Å². The minimum Gasteiger partial charge on any atom is -0.494 e. The normalized spacial score (nSPS) is 9.89. The number of carboxylic acid groups (broad SMARTS) is 1. The molecule has 98 valence electrons. The van der Waals surface area contributed by atoms with Gasteiger partial charge in [0.05, 0.1) is 19.3 Å². The average Bonchev–Trinajstić information content (AvgIpc) is 2.35. The summed E-state index contributed by atoms with van der Waals surface area (Å²) >= 11 is 3.14. The van der Waals surface area contributed by atoms with Crippen LogP contribution in [0.5, 0.6) is 5.75 Å². The van der Waals surface area contributed by atoms with Crippen molar-refractivity contribution in [3.05, 3.63) is 28.2 Å². The maximum Gasteiger partial charge on any atom is 0.336 e. The zero-order chi connectivity index (χ0) is 13.5. The van der Waals surface area contributed by atoms with Gasteiger partial charge in [-0.3, -0.25) is 4.79 Å². The molecule has 1 rings (SSSR count). The fourth-order valence-electron chi connectivity index (χ4n) is 1.27. The van der Waals surface area contributed by atoms with Crippen LogP contribution in [0.2, 0.25) is 0 Å². The fourth-order valence-corrected chi connectivity index (χ4v) is 1.68. The topological polar surface area (TPSA) is 72.8 Å². The number of aromatic carboxylic acids is 1. The molecule has 18 heavy (non-hydrogen) atoms. The van der Waals surface area contributed by atoms with Gasteiger partial charge in [0, 0.05) is 10.9 Å². The molecule has 0 heterocycles. The lowest BCUT2D eigenvalue weighted by Gasteiger charge is -2.07. The van der Waals surface area contributed by atoms with Gasteiger partial charge in [-0.25, -0.2) is 4.79 Å². The minimum atomic E-state index is -1.03. The van der Waals surface area contributed by atoms with E-state index >= 15 is 0 Å². The van der Waals surface area contributed by atoms with Crippen LogP contribution >= 0.6 is 15.9 Å². The number of esters is 1. The predicted octanol–water partition coefficient (Wildman–Crippen LogP) is 2.48. The van der Waals surface area contributed by atoms with Gasteiger partial charge >= 0.3 is 11.9 Å². The smallest absolute Gasteiger partial charge is 0.336 e. The SMILES string of the molecule is COC(=O)CCCOc1ccc(Br)c(C(=O)O)c1. The summed E-state index contributed by atoms with van der Waals surface area (Å²) in [5.74, 6) is -0.858. The Labute approximate surface area is 113 Å². The van der Waals surface area contributed by atoms with E-state index in [1.165, 1.54) is 13.2 Å². The molecular weight excluding hydrogens is 304 g/mol. The highest BCUT2D eigenvalue weighted by molar-refractivity contribution is 9.10. The summed E-state index contributed by atoms with van der Waals surface area (Å²) < 4.78 is 10.3. The van der Waals surface area contributed by atoms with E-state index in [0.717, 1.165) is 0 Å². The molecular formula is C12H13BrO5. The molecule has 0 atom stereocenters. The Morgan fingerprint density at radius 2 is 2.11 bits per heavy atom. The molecule has 0 aliphatic rings. The molecule has 0 aliphatic carbocycles. The number of carboxylic acids is 1. The Hall–Kier alpha value is -1.56. The molecule has 0 bridgehead atoms. The van der Waals surface area contributed by atoms with E-state index in [2.05, 4.69) is 20.7 Å². The fraction of sp³-hybridized carbons (Fsp3) is 0.333. The van der Waals surface area contributed by atoms with E-state index in [-0.39, 0.29) is 18.0 Å². The second-order valence-electron chi connectivity index (χ2n) is 3.47. The minimum absolute atomic E-state index is 0.139. The largest absolute Gasteiger partial charge is 0.494 e. The lowest BCUT2D eigenvalue weighted by molar-refractivity contribution is -0.140. The van der Waals surface area contributed by atoms with E-state index in [9.17, 15) is 9.59 Å². The molecule has 0 aromatic heterocycles. The van der Waals surface area contributed by atoms with Crippen molar-refractivity contribution in [2.24, 2.45) is 0 Å². The molecule has 0 saturated heterocycles. The second-order valence-corrected chi connectivity index (χ2v) is 4.33. The number of hydrogen-bond donors (Lipinski definition) is 1. The molecule has 1 aromatic rings. The summed E-state index contributed by atoms with van der Waals surface area (Å²) in [7, 11) is 1.33. The molecule has 0 fully saturated rings. The number of benzene rings is 1. The summed E-state index contributed by atoms with van der Waals surface area (Å²) in [6, 6.07) is 4.71. The number of ether oxygens (including phenoxy) is 2. The Bertz CT molecular complexity index is 444. The van der Waals surface area contributed by atoms with Crippen LogP contribution in [0.15, 0.2) is 22.7 Å². The van der Waals surface area contributed by atoms with E-state index in [0.29, 0.717) is 23.2 Å². The summed E-state index contributed by atoms with van der Waals surface area (Å²) in [6.07, 6.45) is 0.796. The van der Waals surface area contributed by atoms with Crippen molar-refractivity contribution in [2.75, 3.05) is 13.7 Å². The van der Waals surface area contributed by atoms with Crippen molar-refractivity contribution in [1.29, 1.82) is 0 Å². The van der Waals surface area contributed by atoms with Crippen LogP contribution in [0.3, 0.4) is 0 Å². The highest BCUT2D eigenvalue weighted by Gasteiger charge is 2.09. The monoisotopic (exact) mass is 316 g/mol. The first-order valence-corrected chi connectivity index (χ1v) is 6.06. The lowest BCUT2D eigenvalue weighted by atomic mass is 10.2. The van der Waals surface area contributed by atoms with Gasteiger partial charge in [-0.2, -0.15) is 0 Å². The van der Waals surface area contributed by atoms with Crippen LogP contribution in [-0.4, -0.2) is 30.8 Å². The molecule has 1 N–H and O–H groups in total. The van der Waals surface area contributed by atoms with Gasteiger partial charge < -0.3 is 14.6 Å². The highest BCUT2D eigenvalue weighted by atomic mass is 79.9. The Balaban J connectivity index is 2.50. The van der Waals surface area contributed by atoms with E-state index in [1.807, 2.05) is 0 Å². The number of methoxy groups -OCH3 is 1. The number of halogens is 1. The number of rotatable bonds is 6. The molecule has 5 nitrogen and oxygen atoms in total. The molecule has 0 saturated carbocycles. The van der Waals surface area contributed by atoms with Crippen molar-refractivity contribution < 1.29 is 24.2 Å². The third-order valence-electron chi connectivity index (χ3n) is 2.19. The first-order chi connectivity index (χ1) is 8.54. The van der Waals surface area contributed by atoms with Gasteiger partial charge in [0.2, 0.25) is 0 Å². The van der Waals surface area contributed by atoms with Crippen LogP contribution in [0.25, 0.3) is 0 Å². The van der Waals surface area contributed by atoms with Gasteiger partial charge in [-0.1, -0.05) is 0 Å². The summed E-state index contributed by atoms with van der Waals surface area (Å²) in [4.78, 5) is 21.7. The quantitative estimate of drug-likeness (QED) is 0.644. The molecule has 6 heteroatoms. The van der Waals surface area contributed by atoms with Crippen molar-refractivity contribution in [3.63, 3.8) is 0 Å². The van der Waals surface area contributed by atoms with E-state index < -0.39 is 5.97 Å². The molecule has 0 unspecified atom stereocenters. The first kappa shape index (κ1) is 14.5. The second kappa shape index (κ2) is 7.00. The number of hydrogen-bond acceptors (Lipinski definition) is 4. The maximum atomic E-state index is 10.9. The zero-order valence-corrected chi connectivity index (χ0v) is 11.4. The zero-order valence-electron chi connectivity index (χ0n) is 9.81. The van der Waals surface area contributed by atoms with Crippen molar-refractivity contribution in [2.45, 2.75) is 12.8 Å². The van der Waals surface area contributed by atoms with Crippen LogP contribution in [-0.2, 0) is 9.53 Å². The van der Waals surface area contributed by atoms with Crippen molar-refractivity contribution in [3.8, 4) is 5.75 Å². The third-order valence-corrected chi connectivity index (χ3v) is 2.88. The van der Waals surface area contributed by atoms with Gasteiger partial charge in [0.1, 0.15) is 5.75 Å². The Kier molecular flexibility index (Phi) is 5.64. The summed E-state index contributed by atoms with van der Waals surface area (Å²) in [5, 5.41) is 8.92. The number of carbonyl (C=O) groups excluding carboxylic acids is 1. The molecule has 0 aliphatic heterocycles. The average molecular weight is 317 g/mol. The van der Waals surface area contributed by atoms with Gasteiger partial charge in [0.25, 0.3) is 0 Å². The van der Waals surface area contributed by atoms with E-state index in [1.54, 1.807) is 12.1 Å². The van der Waals surface area contributed by atoms with Gasteiger partial charge in [-0.05, 0) is 40.5 Å². The van der Waals surface area contributed by atoms with Crippen LogP contribution in [0, 0.1) is 0 Å². The molecule has 1 aromatic carbocycles. The van der Waals surface area contributed by atoms with Crippen LogP contribution in [0.1, 0.15) is 23.2 Å². The Morgan fingerprint density at radius 3 is 2.72 bits per heavy atom. The first-order valence-electron chi connectivity index (χ1n) is 5.27. The highest BCUT2D eigenvalue weighted by Crippen LogP contribution is 2.22. The predicted molar refractivity (Wildman–Crippen MR) is 67.8 cm³/mol. The Morgan fingerprint density at radius 1 is 1.39 bits per heavy atom. The molecule has 0 spiro atoms. The molecule has 0 radical (unpaired) electrons.